The lowest BCUT2D eigenvalue weighted by Gasteiger charge is -2.39. The summed E-state index contributed by atoms with van der Waals surface area (Å²) in [5, 5.41) is 9.30. The van der Waals surface area contributed by atoms with E-state index in [9.17, 15) is 0 Å². The minimum Gasteiger partial charge on any atom is -0.480 e. The zero-order valence-electron chi connectivity index (χ0n) is 21.2. The largest absolute Gasteiger partial charge is 0.480 e. The molecule has 2 aliphatic rings. The summed E-state index contributed by atoms with van der Waals surface area (Å²) in [5.74, 6) is 2.11. The monoisotopic (exact) mass is 494 g/mol. The van der Waals surface area contributed by atoms with Crippen LogP contribution in [0.1, 0.15) is 65.3 Å². The van der Waals surface area contributed by atoms with Gasteiger partial charge in [0.05, 0.1) is 5.70 Å². The molecule has 0 saturated carbocycles. The third-order valence-electron chi connectivity index (χ3n) is 7.09. The maximum atomic E-state index is 6.80. The highest BCUT2D eigenvalue weighted by Gasteiger charge is 2.41. The van der Waals surface area contributed by atoms with Crippen molar-refractivity contribution in [3.8, 4) is 5.75 Å². The number of hydrogen-bond donors (Lipinski definition) is 1. The molecule has 0 spiro atoms. The molecule has 6 rings (SSSR count). The Hall–Kier alpha value is -3.51. The highest BCUT2D eigenvalue weighted by Crippen LogP contribution is 2.51. The van der Waals surface area contributed by atoms with Gasteiger partial charge in [-0.3, -0.25) is 0 Å². The van der Waals surface area contributed by atoms with Crippen LogP contribution in [0, 0.1) is 13.8 Å². The van der Waals surface area contributed by atoms with E-state index < -0.39 is 0 Å². The van der Waals surface area contributed by atoms with Gasteiger partial charge in [-0.05, 0) is 54.8 Å². The van der Waals surface area contributed by atoms with Gasteiger partial charge >= 0.3 is 0 Å². The summed E-state index contributed by atoms with van der Waals surface area (Å²) in [5.41, 5.74) is 9.32. The normalized spacial score (nSPS) is 18.3. The van der Waals surface area contributed by atoms with Crippen LogP contribution in [-0.2, 0) is 0 Å². The van der Waals surface area contributed by atoms with E-state index in [2.05, 4.69) is 99.7 Å². The summed E-state index contributed by atoms with van der Waals surface area (Å²) in [7, 11) is 0. The fourth-order valence-corrected chi connectivity index (χ4v) is 5.46. The number of thioether (sulfide) groups is 1. The van der Waals surface area contributed by atoms with Crippen LogP contribution < -0.4 is 10.1 Å². The molecule has 1 N–H and O–H groups in total. The van der Waals surface area contributed by atoms with Crippen LogP contribution >= 0.6 is 11.8 Å². The van der Waals surface area contributed by atoms with Crippen molar-refractivity contribution in [3.63, 3.8) is 0 Å². The maximum absolute atomic E-state index is 6.80. The zero-order chi connectivity index (χ0) is 25.0. The number of fused-ring (bicyclic) bond motifs is 3. The molecule has 3 heterocycles. The second-order valence-electron chi connectivity index (χ2n) is 9.95. The number of hydrogen-bond acceptors (Lipinski definition) is 5. The number of aromatic nitrogens is 3. The van der Waals surface area contributed by atoms with Crippen molar-refractivity contribution in [2.45, 2.75) is 50.9 Å². The Labute approximate surface area is 216 Å². The molecule has 0 unspecified atom stereocenters. The van der Waals surface area contributed by atoms with Gasteiger partial charge < -0.3 is 10.1 Å². The molecule has 0 bridgehead atoms. The maximum Gasteiger partial charge on any atom is 0.227 e. The first kappa shape index (κ1) is 22.9. The Bertz CT molecular complexity index is 1470. The van der Waals surface area contributed by atoms with Crippen LogP contribution in [0.5, 0.6) is 5.75 Å². The number of anilines is 1. The molecule has 182 valence electrons. The number of aryl methyl sites for hydroxylation is 2. The van der Waals surface area contributed by atoms with Gasteiger partial charge in [-0.2, -0.15) is 4.98 Å². The molecule has 0 fully saturated rings. The molecule has 36 heavy (non-hydrogen) atoms. The van der Waals surface area contributed by atoms with Crippen molar-refractivity contribution in [1.82, 2.24) is 14.8 Å². The molecule has 0 aliphatic carbocycles. The fourth-order valence-electron chi connectivity index (χ4n) is 5.11. The molecule has 1 aromatic heterocycles. The van der Waals surface area contributed by atoms with Crippen molar-refractivity contribution < 1.29 is 4.74 Å². The van der Waals surface area contributed by atoms with Crippen LogP contribution in [0.3, 0.4) is 0 Å². The van der Waals surface area contributed by atoms with Crippen LogP contribution in [0.15, 0.2) is 77.5 Å². The average Bonchev–Trinajstić information content (AvgIpc) is 3.31. The van der Waals surface area contributed by atoms with Gasteiger partial charge in [-0.15, -0.1) is 5.10 Å². The predicted molar refractivity (Wildman–Crippen MR) is 147 cm³/mol. The first-order chi connectivity index (χ1) is 17.4. The lowest BCUT2D eigenvalue weighted by Crippen LogP contribution is -2.32. The molecule has 2 atom stereocenters. The Kier molecular flexibility index (Phi) is 5.64. The second kappa shape index (κ2) is 8.86. The highest BCUT2D eigenvalue weighted by atomic mass is 32.2. The number of nitrogens with one attached hydrogen (secondary N) is 1. The SMILES string of the molecule is CSc1nc2n(n1)[C@@H](c1ccc(C)cc1)C1=C(N2)c2cc(C)ccc2O[C@H]1c1ccc(C(C)C)cc1. The first-order valence-corrected chi connectivity index (χ1v) is 13.6. The Morgan fingerprint density at radius 2 is 1.61 bits per heavy atom. The number of ether oxygens (including phenoxy) is 1. The lowest BCUT2D eigenvalue weighted by atomic mass is 9.84. The minimum atomic E-state index is -0.259. The van der Waals surface area contributed by atoms with E-state index in [0.29, 0.717) is 5.92 Å². The molecule has 0 radical (unpaired) electrons. The molecule has 6 heteroatoms. The predicted octanol–water partition coefficient (Wildman–Crippen LogP) is 7.30. The Morgan fingerprint density at radius 1 is 0.917 bits per heavy atom. The highest BCUT2D eigenvalue weighted by molar-refractivity contribution is 7.98. The summed E-state index contributed by atoms with van der Waals surface area (Å²) in [6, 6.07) is 23.8. The number of rotatable bonds is 4. The molecule has 4 aromatic rings. The third kappa shape index (κ3) is 3.80. The van der Waals surface area contributed by atoms with Gasteiger partial charge in [0.2, 0.25) is 11.1 Å². The Morgan fingerprint density at radius 3 is 2.31 bits per heavy atom. The molecule has 2 aliphatic heterocycles. The molecule has 0 amide bonds. The summed E-state index contributed by atoms with van der Waals surface area (Å²) < 4.78 is 8.82. The van der Waals surface area contributed by atoms with E-state index >= 15 is 0 Å². The summed E-state index contributed by atoms with van der Waals surface area (Å²) in [6.45, 7) is 8.68. The van der Waals surface area contributed by atoms with Crippen LogP contribution in [0.4, 0.5) is 5.95 Å². The zero-order valence-corrected chi connectivity index (χ0v) is 22.1. The van der Waals surface area contributed by atoms with Crippen LogP contribution in [0.2, 0.25) is 0 Å². The van der Waals surface area contributed by atoms with E-state index in [-0.39, 0.29) is 12.1 Å². The van der Waals surface area contributed by atoms with Crippen molar-refractivity contribution in [1.29, 1.82) is 0 Å². The quantitative estimate of drug-likeness (QED) is 0.302. The van der Waals surface area contributed by atoms with Gasteiger partial charge in [0.1, 0.15) is 17.9 Å². The van der Waals surface area contributed by atoms with Gasteiger partial charge in [0.15, 0.2) is 0 Å². The smallest absolute Gasteiger partial charge is 0.227 e. The second-order valence-corrected chi connectivity index (χ2v) is 10.7. The summed E-state index contributed by atoms with van der Waals surface area (Å²) in [4.78, 5) is 4.81. The van der Waals surface area contributed by atoms with E-state index in [4.69, 9.17) is 14.8 Å². The number of nitrogens with zero attached hydrogens (tertiary/aromatic N) is 3. The van der Waals surface area contributed by atoms with E-state index in [1.807, 2.05) is 10.9 Å². The standard InChI is InChI=1S/C30H30N4OS/c1-17(2)20-11-13-22(14-12-20)28-25-26(23-16-19(4)8-15-24(23)35-28)31-29-32-30(36-5)33-34(29)27(25)21-9-6-18(3)7-10-21/h6-17,27-28H,1-5H3,(H,31,32,33)/t27-,28-/m0/s1. The minimum absolute atomic E-state index is 0.145. The molecular weight excluding hydrogens is 464 g/mol. The average molecular weight is 495 g/mol. The van der Waals surface area contributed by atoms with Crippen LogP contribution in [-0.4, -0.2) is 21.0 Å². The van der Waals surface area contributed by atoms with E-state index in [1.54, 1.807) is 11.8 Å². The van der Waals surface area contributed by atoms with Gasteiger partial charge in [-0.1, -0.05) is 91.3 Å². The van der Waals surface area contributed by atoms with Crippen molar-refractivity contribution >= 4 is 23.4 Å². The van der Waals surface area contributed by atoms with Crippen molar-refractivity contribution in [2.24, 2.45) is 0 Å². The third-order valence-corrected chi connectivity index (χ3v) is 7.63. The molecular formula is C30H30N4OS. The first-order valence-electron chi connectivity index (χ1n) is 12.4. The van der Waals surface area contributed by atoms with Gasteiger partial charge in [0.25, 0.3) is 0 Å². The lowest BCUT2D eigenvalue weighted by molar-refractivity contribution is 0.223. The van der Waals surface area contributed by atoms with E-state index in [1.165, 1.54) is 16.7 Å². The summed E-state index contributed by atoms with van der Waals surface area (Å²) >= 11 is 1.55. The molecule has 5 nitrogen and oxygen atoms in total. The van der Waals surface area contributed by atoms with Crippen molar-refractivity contribution in [2.75, 3.05) is 11.6 Å². The molecule has 3 aromatic carbocycles. The number of benzene rings is 3. The Balaban J connectivity index is 1.60. The van der Waals surface area contributed by atoms with E-state index in [0.717, 1.165) is 44.8 Å². The van der Waals surface area contributed by atoms with Gasteiger partial charge in [0, 0.05) is 11.1 Å². The fraction of sp³-hybridized carbons (Fsp3) is 0.267. The molecule has 0 saturated heterocycles. The van der Waals surface area contributed by atoms with Gasteiger partial charge in [-0.25, -0.2) is 4.68 Å². The summed E-state index contributed by atoms with van der Waals surface area (Å²) in [6.07, 6.45) is 1.75. The van der Waals surface area contributed by atoms with Crippen molar-refractivity contribution in [3.05, 3.63) is 106 Å². The topological polar surface area (TPSA) is 52.0 Å². The van der Waals surface area contributed by atoms with Crippen LogP contribution in [0.25, 0.3) is 5.70 Å².